The number of likely N-dealkylation sites (N-methyl/N-ethyl adjacent to an activating group) is 1. The van der Waals surface area contributed by atoms with Crippen molar-refractivity contribution < 1.29 is 4.79 Å². The van der Waals surface area contributed by atoms with E-state index in [0.29, 0.717) is 13.0 Å². The smallest absolute Gasteiger partial charge is 0.224 e. The van der Waals surface area contributed by atoms with Crippen LogP contribution in [0.15, 0.2) is 31.0 Å². The molecule has 3 aromatic heterocycles. The lowest BCUT2D eigenvalue weighted by atomic mass is 10.0. The summed E-state index contributed by atoms with van der Waals surface area (Å²) in [6, 6.07) is 0.0230. The number of amides is 1. The molecule has 3 aromatic rings. The van der Waals surface area contributed by atoms with Gasteiger partial charge in [0.2, 0.25) is 5.91 Å². The molecule has 8 nitrogen and oxygen atoms in total. The van der Waals surface area contributed by atoms with Crippen LogP contribution in [0, 0.1) is 6.92 Å². The molecule has 1 aliphatic rings. The molecule has 1 fully saturated rings. The fourth-order valence-corrected chi connectivity index (χ4v) is 3.55. The third-order valence-corrected chi connectivity index (χ3v) is 5.12. The zero-order valence-corrected chi connectivity index (χ0v) is 14.5. The summed E-state index contributed by atoms with van der Waals surface area (Å²) in [7, 11) is 3.78. The van der Waals surface area contributed by atoms with Crippen LogP contribution in [0.1, 0.15) is 29.4 Å². The molecule has 1 saturated heterocycles. The van der Waals surface area contributed by atoms with Crippen LogP contribution in [-0.4, -0.2) is 48.0 Å². The third kappa shape index (κ3) is 2.58. The van der Waals surface area contributed by atoms with Gasteiger partial charge in [0.15, 0.2) is 5.65 Å². The average molecular weight is 339 g/mol. The zero-order chi connectivity index (χ0) is 17.6. The number of nitrogens with zero attached hydrogens (tertiary/aromatic N) is 6. The topological polar surface area (TPSA) is 80.3 Å². The van der Waals surface area contributed by atoms with Gasteiger partial charge >= 0.3 is 0 Å². The molecule has 1 amide bonds. The van der Waals surface area contributed by atoms with Gasteiger partial charge in [-0.2, -0.15) is 5.10 Å². The number of likely N-dealkylation sites (tertiary alicyclic amines) is 1. The van der Waals surface area contributed by atoms with Gasteiger partial charge in [0.1, 0.15) is 0 Å². The first-order chi connectivity index (χ1) is 12.1. The Morgan fingerprint density at radius 1 is 1.28 bits per heavy atom. The normalized spacial score (nSPS) is 20.8. The molecular weight excluding hydrogens is 318 g/mol. The number of carbonyl (C=O) groups excluding carboxylic acids is 1. The summed E-state index contributed by atoms with van der Waals surface area (Å²) in [5, 5.41) is 7.88. The lowest BCUT2D eigenvalue weighted by Gasteiger charge is -2.25. The summed E-state index contributed by atoms with van der Waals surface area (Å²) in [5.41, 5.74) is 4.04. The van der Waals surface area contributed by atoms with E-state index in [-0.39, 0.29) is 18.0 Å². The van der Waals surface area contributed by atoms with Crippen molar-refractivity contribution in [2.45, 2.75) is 32.0 Å². The van der Waals surface area contributed by atoms with Crippen LogP contribution >= 0.6 is 0 Å². The van der Waals surface area contributed by atoms with E-state index in [0.717, 1.165) is 22.6 Å². The second-order valence-corrected chi connectivity index (χ2v) is 6.50. The van der Waals surface area contributed by atoms with E-state index in [2.05, 4.69) is 20.4 Å². The number of hydrogen-bond donors (Lipinski definition) is 1. The molecule has 0 aromatic carbocycles. The second-order valence-electron chi connectivity index (χ2n) is 6.50. The van der Waals surface area contributed by atoms with Crippen molar-refractivity contribution in [3.05, 3.63) is 47.9 Å². The molecule has 1 aliphatic heterocycles. The van der Waals surface area contributed by atoms with Gasteiger partial charge in [-0.15, -0.1) is 0 Å². The van der Waals surface area contributed by atoms with Gasteiger partial charge in [0.05, 0.1) is 30.3 Å². The Hall–Kier alpha value is -2.74. The highest BCUT2D eigenvalue weighted by Crippen LogP contribution is 2.33. The number of carbonyl (C=O) groups is 1. The van der Waals surface area contributed by atoms with E-state index >= 15 is 0 Å². The van der Waals surface area contributed by atoms with E-state index in [1.165, 1.54) is 0 Å². The Kier molecular flexibility index (Phi) is 3.76. The van der Waals surface area contributed by atoms with Gasteiger partial charge in [0, 0.05) is 56.8 Å². The number of imidazole rings is 1. The first-order valence-corrected chi connectivity index (χ1v) is 8.29. The SMILES string of the molecule is Cc1c([C@H]2[C@H](NCc3cnc4cnccn34)CC(=O)N2C)cnn1C. The van der Waals surface area contributed by atoms with Crippen LogP contribution in [0.25, 0.3) is 5.65 Å². The number of hydrogen-bond acceptors (Lipinski definition) is 5. The van der Waals surface area contributed by atoms with Crippen molar-refractivity contribution >= 4 is 11.6 Å². The molecule has 4 heterocycles. The summed E-state index contributed by atoms with van der Waals surface area (Å²) < 4.78 is 3.85. The lowest BCUT2D eigenvalue weighted by Crippen LogP contribution is -2.35. The number of aryl methyl sites for hydroxylation is 1. The van der Waals surface area contributed by atoms with Crippen LogP contribution in [0.5, 0.6) is 0 Å². The van der Waals surface area contributed by atoms with Gasteiger partial charge in [-0.25, -0.2) is 4.98 Å². The van der Waals surface area contributed by atoms with E-state index in [1.807, 2.05) is 53.6 Å². The molecule has 8 heteroatoms. The number of rotatable bonds is 4. The van der Waals surface area contributed by atoms with E-state index in [4.69, 9.17) is 0 Å². The fraction of sp³-hybridized carbons (Fsp3) is 0.412. The first-order valence-electron chi connectivity index (χ1n) is 8.29. The van der Waals surface area contributed by atoms with Crippen LogP contribution in [0.2, 0.25) is 0 Å². The molecule has 0 radical (unpaired) electrons. The van der Waals surface area contributed by atoms with Gasteiger partial charge < -0.3 is 10.2 Å². The van der Waals surface area contributed by atoms with Crippen molar-refractivity contribution in [2.24, 2.45) is 7.05 Å². The Morgan fingerprint density at radius 2 is 2.12 bits per heavy atom. The summed E-state index contributed by atoms with van der Waals surface area (Å²) in [6.45, 7) is 2.67. The summed E-state index contributed by atoms with van der Waals surface area (Å²) in [6.07, 6.45) is 9.56. The van der Waals surface area contributed by atoms with Crippen molar-refractivity contribution in [3.8, 4) is 0 Å². The van der Waals surface area contributed by atoms with Gasteiger partial charge in [0.25, 0.3) is 0 Å². The Morgan fingerprint density at radius 3 is 2.88 bits per heavy atom. The predicted octanol–water partition coefficient (Wildman–Crippen LogP) is 0.833. The minimum atomic E-state index is -0.0120. The van der Waals surface area contributed by atoms with Crippen LogP contribution in [0.3, 0.4) is 0 Å². The van der Waals surface area contributed by atoms with Crippen molar-refractivity contribution in [1.29, 1.82) is 0 Å². The van der Waals surface area contributed by atoms with Gasteiger partial charge in [-0.3, -0.25) is 18.9 Å². The second kappa shape index (κ2) is 5.96. The van der Waals surface area contributed by atoms with Crippen molar-refractivity contribution in [1.82, 2.24) is 34.4 Å². The minimum Gasteiger partial charge on any atom is -0.337 e. The maximum atomic E-state index is 12.3. The average Bonchev–Trinajstić information content (AvgIpc) is 3.25. The predicted molar refractivity (Wildman–Crippen MR) is 91.7 cm³/mol. The number of fused-ring (bicyclic) bond motifs is 1. The molecule has 130 valence electrons. The molecule has 1 N–H and O–H groups in total. The van der Waals surface area contributed by atoms with Crippen LogP contribution < -0.4 is 5.32 Å². The minimum absolute atomic E-state index is 0.0120. The van der Waals surface area contributed by atoms with E-state index in [1.54, 1.807) is 12.4 Å². The molecule has 0 unspecified atom stereocenters. The first kappa shape index (κ1) is 15.8. The molecule has 25 heavy (non-hydrogen) atoms. The molecule has 0 bridgehead atoms. The summed E-state index contributed by atoms with van der Waals surface area (Å²) in [4.78, 5) is 22.6. The Labute approximate surface area is 145 Å². The largest absolute Gasteiger partial charge is 0.337 e. The monoisotopic (exact) mass is 339 g/mol. The standard InChI is InChI=1S/C17H21N7O/c1-11-13(9-21-23(11)3)17-14(6-16(25)22(17)2)19-7-12-8-20-15-10-18-4-5-24(12)15/h4-5,8-10,14,17,19H,6-7H2,1-3H3/t14-,17+/m1/s1. The third-order valence-electron chi connectivity index (χ3n) is 5.12. The van der Waals surface area contributed by atoms with Crippen molar-refractivity contribution in [2.75, 3.05) is 7.05 Å². The molecule has 2 atom stereocenters. The Bertz CT molecular complexity index is 928. The highest BCUT2D eigenvalue weighted by Gasteiger charge is 2.39. The molecule has 0 aliphatic carbocycles. The molecule has 0 saturated carbocycles. The van der Waals surface area contributed by atoms with Gasteiger partial charge in [-0.1, -0.05) is 0 Å². The van der Waals surface area contributed by atoms with Crippen LogP contribution in [-0.2, 0) is 18.4 Å². The lowest BCUT2D eigenvalue weighted by molar-refractivity contribution is -0.127. The van der Waals surface area contributed by atoms with E-state index < -0.39 is 0 Å². The van der Waals surface area contributed by atoms with Gasteiger partial charge in [-0.05, 0) is 6.92 Å². The summed E-state index contributed by atoms with van der Waals surface area (Å²) >= 11 is 0. The molecule has 4 rings (SSSR count). The number of aromatic nitrogens is 5. The highest BCUT2D eigenvalue weighted by molar-refractivity contribution is 5.80. The van der Waals surface area contributed by atoms with Crippen molar-refractivity contribution in [3.63, 3.8) is 0 Å². The molecule has 0 spiro atoms. The maximum absolute atomic E-state index is 12.3. The maximum Gasteiger partial charge on any atom is 0.224 e. The van der Waals surface area contributed by atoms with E-state index in [9.17, 15) is 4.79 Å². The zero-order valence-electron chi connectivity index (χ0n) is 14.5. The quantitative estimate of drug-likeness (QED) is 0.762. The molecular formula is C17H21N7O. The fourth-order valence-electron chi connectivity index (χ4n) is 3.55. The summed E-state index contributed by atoms with van der Waals surface area (Å²) in [5.74, 6) is 0.146. The van der Waals surface area contributed by atoms with Crippen LogP contribution in [0.4, 0.5) is 0 Å². The number of nitrogens with one attached hydrogen (secondary N) is 1. The Balaban J connectivity index is 1.58. The highest BCUT2D eigenvalue weighted by atomic mass is 16.2.